The van der Waals surface area contributed by atoms with E-state index in [2.05, 4.69) is 16.3 Å². The van der Waals surface area contributed by atoms with Crippen LogP contribution in [0.4, 0.5) is 0 Å². The van der Waals surface area contributed by atoms with E-state index in [-0.39, 0.29) is 0 Å². The van der Waals surface area contributed by atoms with E-state index < -0.39 is 0 Å². The van der Waals surface area contributed by atoms with Gasteiger partial charge in [-0.05, 0) is 30.5 Å². The van der Waals surface area contributed by atoms with Gasteiger partial charge in [0.2, 0.25) is 0 Å². The lowest BCUT2D eigenvalue weighted by Crippen LogP contribution is -2.47. The predicted molar refractivity (Wildman–Crippen MR) is 77.2 cm³/mol. The maximum absolute atomic E-state index is 8.88. The number of nitriles is 1. The van der Waals surface area contributed by atoms with E-state index in [1.165, 1.54) is 12.8 Å². The van der Waals surface area contributed by atoms with Gasteiger partial charge in [-0.25, -0.2) is 0 Å². The molecule has 1 atom stereocenters. The first-order valence-corrected chi connectivity index (χ1v) is 7.40. The third-order valence-electron chi connectivity index (χ3n) is 3.99. The van der Waals surface area contributed by atoms with Crippen LogP contribution in [0.5, 0.6) is 0 Å². The lowest BCUT2D eigenvalue weighted by molar-refractivity contribution is -0.0301. The molecule has 1 aromatic rings. The van der Waals surface area contributed by atoms with Gasteiger partial charge in [-0.1, -0.05) is 12.1 Å². The Labute approximate surface area is 120 Å². The second kappa shape index (κ2) is 6.36. The molecular weight excluding hydrogens is 250 g/mol. The molecule has 0 radical (unpaired) electrons. The molecule has 0 amide bonds. The fraction of sp³-hybridized carbons (Fsp3) is 0.562. The van der Waals surface area contributed by atoms with Crippen molar-refractivity contribution in [3.8, 4) is 6.07 Å². The fourth-order valence-electron chi connectivity index (χ4n) is 2.77. The topological polar surface area (TPSA) is 48.3 Å². The zero-order chi connectivity index (χ0) is 13.8. The molecule has 1 N–H and O–H groups in total. The number of nitrogens with one attached hydrogen (secondary N) is 1. The molecule has 1 aliphatic heterocycles. The Bertz CT molecular complexity index is 493. The third-order valence-corrected chi connectivity index (χ3v) is 3.99. The summed E-state index contributed by atoms with van der Waals surface area (Å²) in [5, 5.41) is 12.3. The highest BCUT2D eigenvalue weighted by molar-refractivity contribution is 5.32. The van der Waals surface area contributed by atoms with E-state index in [4.69, 9.17) is 10.00 Å². The quantitative estimate of drug-likeness (QED) is 0.882. The second-order valence-electron chi connectivity index (χ2n) is 5.66. The summed E-state index contributed by atoms with van der Waals surface area (Å²) in [6.07, 6.45) is 3.02. The largest absolute Gasteiger partial charge is 0.374 e. The van der Waals surface area contributed by atoms with Crippen molar-refractivity contribution in [3.05, 3.63) is 35.4 Å². The van der Waals surface area contributed by atoms with E-state index in [0.29, 0.717) is 6.10 Å². The number of nitrogens with zero attached hydrogens (tertiary/aromatic N) is 2. The molecule has 106 valence electrons. The SMILES string of the molecule is N#Cc1cccc(CNC[C@@H]2CN(C3CC3)CCO2)c1. The van der Waals surface area contributed by atoms with Crippen molar-refractivity contribution in [2.75, 3.05) is 26.2 Å². The van der Waals surface area contributed by atoms with E-state index in [0.717, 1.165) is 50.0 Å². The Morgan fingerprint density at radius 3 is 3.10 bits per heavy atom. The van der Waals surface area contributed by atoms with Gasteiger partial charge in [-0.3, -0.25) is 4.90 Å². The minimum absolute atomic E-state index is 0.295. The van der Waals surface area contributed by atoms with E-state index in [1.54, 1.807) is 0 Å². The monoisotopic (exact) mass is 271 g/mol. The van der Waals surface area contributed by atoms with Crippen molar-refractivity contribution >= 4 is 0 Å². The van der Waals surface area contributed by atoms with Gasteiger partial charge in [0.15, 0.2) is 0 Å². The zero-order valence-electron chi connectivity index (χ0n) is 11.7. The molecule has 1 aliphatic carbocycles. The van der Waals surface area contributed by atoms with Crippen molar-refractivity contribution in [2.24, 2.45) is 0 Å². The van der Waals surface area contributed by atoms with Crippen molar-refractivity contribution in [1.29, 1.82) is 5.26 Å². The normalized spacial score (nSPS) is 23.4. The number of rotatable bonds is 5. The molecule has 20 heavy (non-hydrogen) atoms. The average molecular weight is 271 g/mol. The standard InChI is InChI=1S/C16H21N3O/c17-9-13-2-1-3-14(8-13)10-18-11-16-12-19(6-7-20-16)15-4-5-15/h1-3,8,15-16,18H,4-7,10-12H2/t16-/m1/s1. The van der Waals surface area contributed by atoms with Crippen LogP contribution < -0.4 is 5.32 Å². The maximum Gasteiger partial charge on any atom is 0.0991 e. The van der Waals surface area contributed by atoms with Crippen LogP contribution in [0.15, 0.2) is 24.3 Å². The van der Waals surface area contributed by atoms with Gasteiger partial charge in [-0.2, -0.15) is 5.26 Å². The van der Waals surface area contributed by atoms with Gasteiger partial charge in [-0.15, -0.1) is 0 Å². The smallest absolute Gasteiger partial charge is 0.0991 e. The van der Waals surface area contributed by atoms with Crippen molar-refractivity contribution in [1.82, 2.24) is 10.2 Å². The Morgan fingerprint density at radius 1 is 1.40 bits per heavy atom. The van der Waals surface area contributed by atoms with Gasteiger partial charge in [0.1, 0.15) is 0 Å². The molecule has 3 rings (SSSR count). The summed E-state index contributed by atoms with van der Waals surface area (Å²) in [5.74, 6) is 0. The van der Waals surface area contributed by atoms with Crippen LogP contribution in [0, 0.1) is 11.3 Å². The number of morpholine rings is 1. The summed E-state index contributed by atoms with van der Waals surface area (Å²) in [6, 6.07) is 10.8. The molecule has 2 fully saturated rings. The van der Waals surface area contributed by atoms with Crippen molar-refractivity contribution < 1.29 is 4.74 Å². The van der Waals surface area contributed by atoms with Crippen LogP contribution in [-0.4, -0.2) is 43.3 Å². The summed E-state index contributed by atoms with van der Waals surface area (Å²) in [5.41, 5.74) is 1.87. The molecule has 1 saturated heterocycles. The number of hydrogen-bond donors (Lipinski definition) is 1. The Kier molecular flexibility index (Phi) is 4.31. The van der Waals surface area contributed by atoms with Gasteiger partial charge < -0.3 is 10.1 Å². The first-order valence-electron chi connectivity index (χ1n) is 7.40. The summed E-state index contributed by atoms with van der Waals surface area (Å²) >= 11 is 0. The van der Waals surface area contributed by atoms with Gasteiger partial charge in [0.05, 0.1) is 24.3 Å². The summed E-state index contributed by atoms with van der Waals surface area (Å²) < 4.78 is 5.81. The molecule has 2 aliphatic rings. The highest BCUT2D eigenvalue weighted by Crippen LogP contribution is 2.28. The lowest BCUT2D eigenvalue weighted by Gasteiger charge is -2.33. The van der Waals surface area contributed by atoms with Crippen LogP contribution in [0.1, 0.15) is 24.0 Å². The first kappa shape index (κ1) is 13.6. The van der Waals surface area contributed by atoms with E-state index in [9.17, 15) is 0 Å². The van der Waals surface area contributed by atoms with Gasteiger partial charge in [0.25, 0.3) is 0 Å². The molecule has 0 spiro atoms. The highest BCUT2D eigenvalue weighted by Gasteiger charge is 2.32. The fourth-order valence-corrected chi connectivity index (χ4v) is 2.77. The Hall–Kier alpha value is -1.41. The van der Waals surface area contributed by atoms with Gasteiger partial charge in [0, 0.05) is 32.2 Å². The molecule has 0 unspecified atom stereocenters. The zero-order valence-corrected chi connectivity index (χ0v) is 11.7. The minimum Gasteiger partial charge on any atom is -0.374 e. The summed E-state index contributed by atoms with van der Waals surface area (Å²) in [6.45, 7) is 4.66. The molecule has 1 heterocycles. The molecule has 1 aromatic carbocycles. The second-order valence-corrected chi connectivity index (χ2v) is 5.66. The van der Waals surface area contributed by atoms with Crippen LogP contribution in [-0.2, 0) is 11.3 Å². The Balaban J connectivity index is 1.43. The molecule has 1 saturated carbocycles. The van der Waals surface area contributed by atoms with Crippen molar-refractivity contribution in [3.63, 3.8) is 0 Å². The minimum atomic E-state index is 0.295. The maximum atomic E-state index is 8.88. The van der Waals surface area contributed by atoms with Crippen LogP contribution in [0.2, 0.25) is 0 Å². The number of benzene rings is 1. The summed E-state index contributed by atoms with van der Waals surface area (Å²) in [4.78, 5) is 2.56. The molecular formula is C16H21N3O. The first-order chi connectivity index (χ1) is 9.85. The highest BCUT2D eigenvalue weighted by atomic mass is 16.5. The molecule has 4 nitrogen and oxygen atoms in total. The average Bonchev–Trinajstić information content (AvgIpc) is 3.33. The molecule has 0 bridgehead atoms. The van der Waals surface area contributed by atoms with E-state index in [1.807, 2.05) is 24.3 Å². The van der Waals surface area contributed by atoms with Crippen molar-refractivity contribution in [2.45, 2.75) is 31.5 Å². The third kappa shape index (κ3) is 3.57. The predicted octanol–water partition coefficient (Wildman–Crippen LogP) is 1.51. The van der Waals surface area contributed by atoms with E-state index >= 15 is 0 Å². The molecule has 0 aromatic heterocycles. The lowest BCUT2D eigenvalue weighted by atomic mass is 10.1. The number of hydrogen-bond acceptors (Lipinski definition) is 4. The number of ether oxygens (including phenoxy) is 1. The van der Waals surface area contributed by atoms with Crippen LogP contribution >= 0.6 is 0 Å². The van der Waals surface area contributed by atoms with Gasteiger partial charge >= 0.3 is 0 Å². The molecule has 4 heteroatoms. The Morgan fingerprint density at radius 2 is 2.30 bits per heavy atom. The van der Waals surface area contributed by atoms with Crippen LogP contribution in [0.3, 0.4) is 0 Å². The summed E-state index contributed by atoms with van der Waals surface area (Å²) in [7, 11) is 0. The van der Waals surface area contributed by atoms with Crippen LogP contribution in [0.25, 0.3) is 0 Å².